The van der Waals surface area contributed by atoms with Crippen molar-refractivity contribution in [2.45, 2.75) is 0 Å². The number of halogens is 3. The van der Waals surface area contributed by atoms with Crippen LogP contribution in [-0.4, -0.2) is 65.2 Å². The van der Waals surface area contributed by atoms with E-state index in [4.69, 9.17) is 0 Å². The molecular weight excluding hydrogens is 507 g/mol. The van der Waals surface area contributed by atoms with Gasteiger partial charge in [0, 0.05) is 61.8 Å². The Hall–Kier alpha value is -4.51. The van der Waals surface area contributed by atoms with E-state index in [-0.39, 0.29) is 23.2 Å². The van der Waals surface area contributed by atoms with Crippen molar-refractivity contribution in [3.8, 4) is 11.3 Å². The van der Waals surface area contributed by atoms with Crippen LogP contribution in [0.15, 0.2) is 67.5 Å². The minimum Gasteiger partial charge on any atom is -0.367 e. The number of rotatable bonds is 8. The molecule has 39 heavy (non-hydrogen) atoms. The van der Waals surface area contributed by atoms with Gasteiger partial charge in [0.25, 0.3) is 0 Å². The number of carbonyl (C=O) groups excluding carboxylic acids is 1. The number of benzene rings is 2. The quantitative estimate of drug-likeness (QED) is 0.311. The zero-order valence-corrected chi connectivity index (χ0v) is 21.0. The first-order valence-electron chi connectivity index (χ1n) is 12.4. The number of nitrogens with one attached hydrogen (secondary N) is 2. The molecule has 0 bridgehead atoms. The van der Waals surface area contributed by atoms with E-state index in [9.17, 15) is 9.18 Å². The lowest BCUT2D eigenvalue weighted by molar-refractivity contribution is -0.111. The van der Waals surface area contributed by atoms with Gasteiger partial charge in [-0.05, 0) is 30.3 Å². The Balaban J connectivity index is 1.40. The molecule has 2 aromatic carbocycles. The third-order valence-corrected chi connectivity index (χ3v) is 6.52. The number of aromatic nitrogens is 3. The maximum absolute atomic E-state index is 15.1. The summed E-state index contributed by atoms with van der Waals surface area (Å²) in [6.07, 6.45) is 4.32. The van der Waals surface area contributed by atoms with Gasteiger partial charge in [0.15, 0.2) is 11.6 Å². The molecule has 2 N–H and O–H groups in total. The molecule has 11 heteroatoms. The van der Waals surface area contributed by atoms with Crippen LogP contribution < -0.4 is 15.5 Å². The lowest BCUT2D eigenvalue weighted by Gasteiger charge is -2.35. The summed E-state index contributed by atoms with van der Waals surface area (Å²) in [4.78, 5) is 28.7. The number of piperazine rings is 1. The number of carbonyl (C=O) groups is 1. The molecule has 0 atom stereocenters. The fourth-order valence-electron chi connectivity index (χ4n) is 4.50. The van der Waals surface area contributed by atoms with Gasteiger partial charge in [-0.1, -0.05) is 24.8 Å². The fourth-order valence-corrected chi connectivity index (χ4v) is 4.50. The summed E-state index contributed by atoms with van der Waals surface area (Å²) in [6, 6.07) is 11.8. The van der Waals surface area contributed by atoms with Crippen molar-refractivity contribution in [3.63, 3.8) is 0 Å². The van der Waals surface area contributed by atoms with Crippen LogP contribution in [0.4, 0.5) is 36.2 Å². The molecule has 1 aliphatic rings. The van der Waals surface area contributed by atoms with E-state index in [1.54, 1.807) is 29.4 Å². The van der Waals surface area contributed by atoms with Crippen LogP contribution in [0.3, 0.4) is 0 Å². The molecule has 0 aliphatic carbocycles. The zero-order valence-electron chi connectivity index (χ0n) is 21.0. The molecule has 0 radical (unpaired) electrons. The van der Waals surface area contributed by atoms with Gasteiger partial charge in [-0.25, -0.2) is 23.1 Å². The molecule has 1 fully saturated rings. The molecule has 4 aromatic rings. The summed E-state index contributed by atoms with van der Waals surface area (Å²) >= 11 is 0. The number of hydrogen-bond donors (Lipinski definition) is 2. The highest BCUT2D eigenvalue weighted by molar-refractivity contribution is 5.99. The predicted molar refractivity (Wildman–Crippen MR) is 146 cm³/mol. The Kier molecular flexibility index (Phi) is 7.69. The highest BCUT2D eigenvalue weighted by Crippen LogP contribution is 2.31. The first kappa shape index (κ1) is 26.1. The molecule has 5 rings (SSSR count). The monoisotopic (exact) mass is 533 g/mol. The third kappa shape index (κ3) is 5.68. The second-order valence-corrected chi connectivity index (χ2v) is 8.96. The van der Waals surface area contributed by atoms with Crippen LogP contribution in [0, 0.1) is 11.6 Å². The van der Waals surface area contributed by atoms with Crippen LogP contribution in [0.2, 0.25) is 0 Å². The lowest BCUT2D eigenvalue weighted by atomic mass is 10.1. The number of alkyl halides is 1. The lowest BCUT2D eigenvalue weighted by Crippen LogP contribution is -2.47. The second kappa shape index (κ2) is 11.5. The number of anilines is 4. The minimum atomic E-state index is -1.04. The Bertz CT molecular complexity index is 1520. The standard InChI is InChI=1S/C28H26F3N7O/c1-2-24(39)34-19-8-10-32-22(16-19)20-5-3-4-18-17-33-28(36-27(18)20)35-21-6-7-23(26(31)25(21)30)38-14-12-37(11-9-29)13-15-38/h2-8,10,16-17H,1,9,11-15H2,(H,32,34,39)(H,33,35,36). The van der Waals surface area contributed by atoms with E-state index in [2.05, 4.69) is 32.2 Å². The van der Waals surface area contributed by atoms with Crippen molar-refractivity contribution in [1.82, 2.24) is 19.9 Å². The average Bonchev–Trinajstić information content (AvgIpc) is 2.96. The molecule has 1 amide bonds. The van der Waals surface area contributed by atoms with Crippen LogP contribution >= 0.6 is 0 Å². The van der Waals surface area contributed by atoms with Crippen molar-refractivity contribution in [1.29, 1.82) is 0 Å². The fraction of sp³-hybridized carbons (Fsp3) is 0.214. The smallest absolute Gasteiger partial charge is 0.247 e. The molecule has 0 spiro atoms. The van der Waals surface area contributed by atoms with Gasteiger partial charge in [-0.3, -0.25) is 14.7 Å². The predicted octanol–water partition coefficient (Wildman–Crippen LogP) is 4.93. The molecule has 0 saturated carbocycles. The number of pyridine rings is 1. The van der Waals surface area contributed by atoms with Gasteiger partial charge < -0.3 is 15.5 Å². The van der Waals surface area contributed by atoms with Gasteiger partial charge in [0.2, 0.25) is 11.9 Å². The van der Waals surface area contributed by atoms with Crippen molar-refractivity contribution in [3.05, 3.63) is 79.1 Å². The minimum absolute atomic E-state index is 0.0805. The SMILES string of the molecule is C=CC(=O)Nc1ccnc(-c2cccc3cnc(Nc4ccc(N5CCN(CCF)CC5)c(F)c4F)nc23)c1. The van der Waals surface area contributed by atoms with E-state index < -0.39 is 18.3 Å². The van der Waals surface area contributed by atoms with E-state index in [1.165, 1.54) is 18.2 Å². The van der Waals surface area contributed by atoms with E-state index >= 15 is 8.78 Å². The summed E-state index contributed by atoms with van der Waals surface area (Å²) in [7, 11) is 0. The molecule has 8 nitrogen and oxygen atoms in total. The maximum atomic E-state index is 15.1. The van der Waals surface area contributed by atoms with Gasteiger partial charge in [0.1, 0.15) is 6.67 Å². The normalized spacial score (nSPS) is 13.9. The molecule has 3 heterocycles. The molecule has 200 valence electrons. The van der Waals surface area contributed by atoms with Crippen molar-refractivity contribution >= 4 is 39.8 Å². The van der Waals surface area contributed by atoms with Gasteiger partial charge in [-0.2, -0.15) is 0 Å². The topological polar surface area (TPSA) is 86.3 Å². The van der Waals surface area contributed by atoms with E-state index in [1.807, 2.05) is 23.1 Å². The first-order valence-corrected chi connectivity index (χ1v) is 12.4. The van der Waals surface area contributed by atoms with Gasteiger partial charge >= 0.3 is 0 Å². The maximum Gasteiger partial charge on any atom is 0.247 e. The van der Waals surface area contributed by atoms with Crippen LogP contribution in [-0.2, 0) is 4.79 Å². The first-order chi connectivity index (χ1) is 19.0. The Labute approximate surface area is 223 Å². The number of nitrogens with zero attached hydrogens (tertiary/aromatic N) is 5. The molecule has 1 aliphatic heterocycles. The summed E-state index contributed by atoms with van der Waals surface area (Å²) in [5, 5.41) is 6.21. The number of amides is 1. The van der Waals surface area contributed by atoms with Gasteiger partial charge in [0.05, 0.1) is 22.6 Å². The highest BCUT2D eigenvalue weighted by Gasteiger charge is 2.23. The molecule has 0 unspecified atom stereocenters. The van der Waals surface area contributed by atoms with E-state index in [0.29, 0.717) is 60.6 Å². The number of fused-ring (bicyclic) bond motifs is 1. The number of hydrogen-bond acceptors (Lipinski definition) is 7. The van der Waals surface area contributed by atoms with Crippen molar-refractivity contribution < 1.29 is 18.0 Å². The average molecular weight is 534 g/mol. The highest BCUT2D eigenvalue weighted by atomic mass is 19.2. The Morgan fingerprint density at radius 3 is 2.64 bits per heavy atom. The van der Waals surface area contributed by atoms with Crippen molar-refractivity contribution in [2.75, 3.05) is 54.9 Å². The zero-order chi connectivity index (χ0) is 27.4. The summed E-state index contributed by atoms with van der Waals surface area (Å²) in [5.74, 6) is -2.28. The van der Waals surface area contributed by atoms with Crippen LogP contribution in [0.5, 0.6) is 0 Å². The Morgan fingerprint density at radius 1 is 1.05 bits per heavy atom. The van der Waals surface area contributed by atoms with Crippen LogP contribution in [0.25, 0.3) is 22.2 Å². The summed E-state index contributed by atoms with van der Waals surface area (Å²) in [6.45, 7) is 5.48. The molecular formula is C28H26F3N7O. The van der Waals surface area contributed by atoms with Crippen molar-refractivity contribution in [2.24, 2.45) is 0 Å². The van der Waals surface area contributed by atoms with Gasteiger partial charge in [-0.15, -0.1) is 0 Å². The van der Waals surface area contributed by atoms with E-state index in [0.717, 1.165) is 0 Å². The summed E-state index contributed by atoms with van der Waals surface area (Å²) in [5.41, 5.74) is 2.36. The number of para-hydroxylation sites is 1. The molecule has 2 aromatic heterocycles. The Morgan fingerprint density at radius 2 is 1.87 bits per heavy atom. The molecule has 1 saturated heterocycles. The van der Waals surface area contributed by atoms with Crippen LogP contribution in [0.1, 0.15) is 0 Å². The third-order valence-electron chi connectivity index (χ3n) is 6.52. The largest absolute Gasteiger partial charge is 0.367 e. The second-order valence-electron chi connectivity index (χ2n) is 8.96. The summed E-state index contributed by atoms with van der Waals surface area (Å²) < 4.78 is 42.8.